The Morgan fingerprint density at radius 1 is 1.60 bits per heavy atom. The summed E-state index contributed by atoms with van der Waals surface area (Å²) < 4.78 is 35.1. The monoisotopic (exact) mass is 149 g/mol. The normalized spacial score (nSPS) is 12.9. The highest BCUT2D eigenvalue weighted by Crippen LogP contribution is 2.27. The van der Waals surface area contributed by atoms with Gasteiger partial charge >= 0.3 is 6.18 Å². The maximum atomic E-state index is 11.7. The Balaban J connectivity index is 4.41. The van der Waals surface area contributed by atoms with Gasteiger partial charge in [-0.1, -0.05) is 6.92 Å². The smallest absolute Gasteiger partial charge is 0.193 e. The molecule has 0 bridgehead atoms. The van der Waals surface area contributed by atoms with E-state index in [1.54, 1.807) is 0 Å². The molecule has 0 aromatic rings. The van der Waals surface area contributed by atoms with E-state index in [2.05, 4.69) is 0 Å². The molecule has 1 nitrogen and oxygen atoms in total. The molecule has 56 valence electrons. The van der Waals surface area contributed by atoms with Gasteiger partial charge in [0.2, 0.25) is 0 Å². The molecule has 0 amide bonds. The minimum Gasteiger partial charge on any atom is -0.193 e. The van der Waals surface area contributed by atoms with E-state index in [9.17, 15) is 13.2 Å². The molecule has 0 unspecified atom stereocenters. The Bertz CT molecular complexity index is 172. The molecule has 0 aliphatic carbocycles. The van der Waals surface area contributed by atoms with Crippen LogP contribution in [-0.2, 0) is 0 Å². The number of nitriles is 1. The first-order valence-corrected chi connectivity index (χ1v) is 2.68. The summed E-state index contributed by atoms with van der Waals surface area (Å²) in [4.78, 5) is 0. The fourth-order valence-electron chi connectivity index (χ4n) is 0.462. The van der Waals surface area contributed by atoms with Gasteiger partial charge in [-0.05, 0) is 6.42 Å². The summed E-state index contributed by atoms with van der Waals surface area (Å²) in [5, 5.41) is 7.90. The van der Waals surface area contributed by atoms with Crippen molar-refractivity contribution in [3.63, 3.8) is 0 Å². The van der Waals surface area contributed by atoms with Gasteiger partial charge in [-0.2, -0.15) is 18.4 Å². The average Bonchev–Trinajstić information content (AvgIpc) is 1.80. The van der Waals surface area contributed by atoms with Gasteiger partial charge in [0.25, 0.3) is 0 Å². The van der Waals surface area contributed by atoms with Gasteiger partial charge in [0.05, 0.1) is 6.07 Å². The van der Waals surface area contributed by atoms with Crippen LogP contribution >= 0.6 is 0 Å². The molecule has 0 N–H and O–H groups in total. The third kappa shape index (κ3) is 2.53. The Hall–Kier alpha value is -0.980. The lowest BCUT2D eigenvalue weighted by atomic mass is 10.2. The minimum absolute atomic E-state index is 0.156. The number of nitrogens with zero attached hydrogens (tertiary/aromatic N) is 1. The fourth-order valence-corrected chi connectivity index (χ4v) is 0.462. The molecule has 0 saturated carbocycles. The van der Waals surface area contributed by atoms with Crippen LogP contribution in [0.15, 0.2) is 11.6 Å². The zero-order valence-electron chi connectivity index (χ0n) is 5.37. The molecule has 0 spiro atoms. The lowest BCUT2D eigenvalue weighted by Crippen LogP contribution is -2.10. The van der Waals surface area contributed by atoms with E-state index in [0.29, 0.717) is 6.08 Å². The first-order valence-electron chi connectivity index (χ1n) is 2.68. The molecule has 0 rings (SSSR count). The van der Waals surface area contributed by atoms with Gasteiger partial charge in [-0.25, -0.2) is 0 Å². The maximum Gasteiger partial charge on any atom is 0.413 e. The van der Waals surface area contributed by atoms with Gasteiger partial charge in [-0.3, -0.25) is 0 Å². The van der Waals surface area contributed by atoms with E-state index in [4.69, 9.17) is 5.26 Å². The molecular weight excluding hydrogens is 143 g/mol. The number of hydrogen-bond donors (Lipinski definition) is 0. The SMILES string of the molecule is CC/C(=C\C#N)C(F)(F)F. The average molecular weight is 149 g/mol. The topological polar surface area (TPSA) is 23.8 Å². The lowest BCUT2D eigenvalue weighted by molar-refractivity contribution is -0.0934. The summed E-state index contributed by atoms with van der Waals surface area (Å²) in [6, 6.07) is 1.34. The molecule has 10 heavy (non-hydrogen) atoms. The molecule has 0 aromatic carbocycles. The molecule has 0 saturated heterocycles. The van der Waals surface area contributed by atoms with Gasteiger partial charge in [0.1, 0.15) is 0 Å². The van der Waals surface area contributed by atoms with E-state index >= 15 is 0 Å². The molecule has 0 fully saturated rings. The Kier molecular flexibility index (Phi) is 2.94. The second-order valence-electron chi connectivity index (χ2n) is 1.65. The largest absolute Gasteiger partial charge is 0.413 e. The third-order valence-electron chi connectivity index (χ3n) is 0.984. The molecule has 0 atom stereocenters. The van der Waals surface area contributed by atoms with Gasteiger partial charge in [-0.15, -0.1) is 0 Å². The molecule has 0 radical (unpaired) electrons. The predicted octanol–water partition coefficient (Wildman–Crippen LogP) is 2.41. The summed E-state index contributed by atoms with van der Waals surface area (Å²) in [6.07, 6.45) is -3.97. The van der Waals surface area contributed by atoms with E-state index in [-0.39, 0.29) is 6.42 Å². The Morgan fingerprint density at radius 2 is 2.10 bits per heavy atom. The summed E-state index contributed by atoms with van der Waals surface area (Å²) in [5.41, 5.74) is -0.782. The van der Waals surface area contributed by atoms with Gasteiger partial charge in [0.15, 0.2) is 0 Å². The van der Waals surface area contributed by atoms with Crippen LogP contribution in [-0.4, -0.2) is 6.18 Å². The molecule has 0 aromatic heterocycles. The number of halogens is 3. The van der Waals surface area contributed by atoms with Gasteiger partial charge < -0.3 is 0 Å². The molecule has 0 aliphatic heterocycles. The Morgan fingerprint density at radius 3 is 2.20 bits per heavy atom. The predicted molar refractivity (Wildman–Crippen MR) is 30.0 cm³/mol. The Labute approximate surface area is 56.8 Å². The van der Waals surface area contributed by atoms with Crippen LogP contribution in [0.3, 0.4) is 0 Å². The van der Waals surface area contributed by atoms with Crippen LogP contribution in [0, 0.1) is 11.3 Å². The van der Waals surface area contributed by atoms with Crippen molar-refractivity contribution in [3.8, 4) is 6.07 Å². The fraction of sp³-hybridized carbons (Fsp3) is 0.500. The summed E-state index contributed by atoms with van der Waals surface area (Å²) in [6.45, 7) is 1.36. The van der Waals surface area contributed by atoms with Crippen molar-refractivity contribution in [2.24, 2.45) is 0 Å². The van der Waals surface area contributed by atoms with Crippen LogP contribution in [0.4, 0.5) is 13.2 Å². The standard InChI is InChI=1S/C6H6F3N/c1-2-5(3-4-10)6(7,8)9/h3H,2H2,1H3/b5-3+. The van der Waals surface area contributed by atoms with Crippen molar-refractivity contribution in [2.75, 3.05) is 0 Å². The van der Waals surface area contributed by atoms with Crippen molar-refractivity contribution in [1.82, 2.24) is 0 Å². The zero-order chi connectivity index (χ0) is 8.20. The molecular formula is C6H6F3N. The number of rotatable bonds is 1. The van der Waals surface area contributed by atoms with Gasteiger partial charge in [0, 0.05) is 11.6 Å². The second kappa shape index (κ2) is 3.25. The van der Waals surface area contributed by atoms with Crippen LogP contribution < -0.4 is 0 Å². The van der Waals surface area contributed by atoms with E-state index < -0.39 is 11.7 Å². The third-order valence-corrected chi connectivity index (χ3v) is 0.984. The first-order chi connectivity index (χ1) is 4.52. The van der Waals surface area contributed by atoms with E-state index in [1.165, 1.54) is 13.0 Å². The second-order valence-corrected chi connectivity index (χ2v) is 1.65. The highest BCUT2D eigenvalue weighted by Gasteiger charge is 2.31. The minimum atomic E-state index is -4.34. The number of hydrogen-bond acceptors (Lipinski definition) is 1. The highest BCUT2D eigenvalue weighted by atomic mass is 19.4. The van der Waals surface area contributed by atoms with E-state index in [0.717, 1.165) is 0 Å². The number of allylic oxidation sites excluding steroid dienone is 2. The van der Waals surface area contributed by atoms with Crippen molar-refractivity contribution >= 4 is 0 Å². The number of alkyl halides is 3. The molecule has 4 heteroatoms. The van der Waals surface area contributed by atoms with Crippen molar-refractivity contribution in [1.29, 1.82) is 5.26 Å². The van der Waals surface area contributed by atoms with Crippen LogP contribution in [0.5, 0.6) is 0 Å². The van der Waals surface area contributed by atoms with Crippen LogP contribution in [0.2, 0.25) is 0 Å². The molecule has 0 heterocycles. The quantitative estimate of drug-likeness (QED) is 0.525. The lowest BCUT2D eigenvalue weighted by Gasteiger charge is -2.06. The van der Waals surface area contributed by atoms with Crippen molar-refractivity contribution in [2.45, 2.75) is 19.5 Å². The first kappa shape index (κ1) is 9.02. The maximum absolute atomic E-state index is 11.7. The van der Waals surface area contributed by atoms with Crippen LogP contribution in [0.25, 0.3) is 0 Å². The van der Waals surface area contributed by atoms with Crippen LogP contribution in [0.1, 0.15) is 13.3 Å². The summed E-state index contributed by atoms with van der Waals surface area (Å²) >= 11 is 0. The zero-order valence-corrected chi connectivity index (χ0v) is 5.37. The molecule has 0 aliphatic rings. The summed E-state index contributed by atoms with van der Waals surface area (Å²) in [5.74, 6) is 0. The highest BCUT2D eigenvalue weighted by molar-refractivity contribution is 5.17. The van der Waals surface area contributed by atoms with Crippen molar-refractivity contribution < 1.29 is 13.2 Å². The summed E-state index contributed by atoms with van der Waals surface area (Å²) in [7, 11) is 0. The van der Waals surface area contributed by atoms with E-state index in [1.807, 2.05) is 0 Å². The van der Waals surface area contributed by atoms with Crippen molar-refractivity contribution in [3.05, 3.63) is 11.6 Å².